The van der Waals surface area contributed by atoms with Gasteiger partial charge in [-0.25, -0.2) is 4.79 Å². The first-order valence-electron chi connectivity index (χ1n) is 4.09. The topological polar surface area (TPSA) is 46.6 Å². The summed E-state index contributed by atoms with van der Waals surface area (Å²) in [6, 6.07) is -0.388. The molecule has 13 heavy (non-hydrogen) atoms. The van der Waals surface area contributed by atoms with Crippen molar-refractivity contribution < 1.29 is 14.3 Å². The molecule has 0 aromatic carbocycles. The summed E-state index contributed by atoms with van der Waals surface area (Å²) < 4.78 is 4.62. The van der Waals surface area contributed by atoms with Crippen LogP contribution in [0, 0.1) is 0 Å². The summed E-state index contributed by atoms with van der Waals surface area (Å²) in [5.74, 6) is 1.16. The number of nitrogens with zero attached hydrogens (tertiary/aromatic N) is 1. The van der Waals surface area contributed by atoms with Crippen molar-refractivity contribution in [3.63, 3.8) is 0 Å². The summed E-state index contributed by atoms with van der Waals surface area (Å²) in [6.07, 6.45) is 0. The molecule has 0 saturated carbocycles. The molecule has 5 heteroatoms. The second-order valence-electron chi connectivity index (χ2n) is 2.83. The largest absolute Gasteiger partial charge is 0.467 e. The second kappa shape index (κ2) is 4.50. The van der Waals surface area contributed by atoms with Gasteiger partial charge in [0.25, 0.3) is 0 Å². The predicted molar refractivity (Wildman–Crippen MR) is 50.5 cm³/mol. The zero-order valence-electron chi connectivity index (χ0n) is 7.78. The van der Waals surface area contributed by atoms with E-state index in [0.29, 0.717) is 12.3 Å². The van der Waals surface area contributed by atoms with Gasteiger partial charge in [0.05, 0.1) is 7.11 Å². The molecule has 0 aromatic rings. The fraction of sp³-hybridized carbons (Fsp3) is 0.750. The number of methoxy groups -OCH3 is 1. The zero-order chi connectivity index (χ0) is 9.84. The van der Waals surface area contributed by atoms with Crippen molar-refractivity contribution >= 4 is 23.6 Å². The fourth-order valence-corrected chi connectivity index (χ4v) is 2.34. The Balaban J connectivity index is 2.67. The second-order valence-corrected chi connectivity index (χ2v) is 3.98. The highest BCUT2D eigenvalue weighted by Crippen LogP contribution is 2.17. The molecule has 1 rings (SSSR count). The summed E-state index contributed by atoms with van der Waals surface area (Å²) >= 11 is 1.67. The Morgan fingerprint density at radius 3 is 2.77 bits per heavy atom. The molecule has 0 N–H and O–H groups in total. The fourth-order valence-electron chi connectivity index (χ4n) is 1.31. The molecule has 0 aliphatic carbocycles. The van der Waals surface area contributed by atoms with Gasteiger partial charge in [-0.05, 0) is 0 Å². The van der Waals surface area contributed by atoms with E-state index in [-0.39, 0.29) is 17.9 Å². The van der Waals surface area contributed by atoms with Gasteiger partial charge in [0, 0.05) is 25.0 Å². The predicted octanol–water partition coefficient (Wildman–Crippen LogP) is 0.123. The van der Waals surface area contributed by atoms with Gasteiger partial charge < -0.3 is 9.64 Å². The Hall–Kier alpha value is -0.710. The Labute approximate surface area is 81.6 Å². The number of amides is 1. The van der Waals surface area contributed by atoms with Crippen LogP contribution in [0.15, 0.2) is 0 Å². The number of hydrogen-bond donors (Lipinski definition) is 0. The molecule has 1 heterocycles. The molecule has 0 spiro atoms. The number of rotatable bonds is 1. The molecule has 1 amide bonds. The SMILES string of the molecule is COC(=O)C1CSCCN1C(C)=O. The van der Waals surface area contributed by atoms with E-state index < -0.39 is 0 Å². The van der Waals surface area contributed by atoms with E-state index in [0.717, 1.165) is 5.75 Å². The van der Waals surface area contributed by atoms with Crippen LogP contribution in [0.25, 0.3) is 0 Å². The third-order valence-electron chi connectivity index (χ3n) is 2.01. The zero-order valence-corrected chi connectivity index (χ0v) is 8.60. The van der Waals surface area contributed by atoms with Crippen molar-refractivity contribution in [2.75, 3.05) is 25.2 Å². The molecule has 1 saturated heterocycles. The van der Waals surface area contributed by atoms with Crippen LogP contribution in [-0.2, 0) is 14.3 Å². The standard InChI is InChI=1S/C8H13NO3S/c1-6(10)9-3-4-13-5-7(9)8(11)12-2/h7H,3-5H2,1-2H3. The quantitative estimate of drug-likeness (QED) is 0.568. The van der Waals surface area contributed by atoms with Crippen molar-refractivity contribution in [2.45, 2.75) is 13.0 Å². The maximum Gasteiger partial charge on any atom is 0.329 e. The molecule has 0 bridgehead atoms. The first-order valence-corrected chi connectivity index (χ1v) is 5.25. The Morgan fingerprint density at radius 2 is 2.23 bits per heavy atom. The monoisotopic (exact) mass is 203 g/mol. The Kier molecular flexibility index (Phi) is 3.59. The van der Waals surface area contributed by atoms with E-state index in [1.165, 1.54) is 14.0 Å². The number of ether oxygens (including phenoxy) is 1. The molecule has 1 aliphatic heterocycles. The molecule has 1 aliphatic rings. The highest BCUT2D eigenvalue weighted by Gasteiger charge is 2.31. The van der Waals surface area contributed by atoms with Crippen LogP contribution < -0.4 is 0 Å². The lowest BCUT2D eigenvalue weighted by Crippen LogP contribution is -2.49. The average Bonchev–Trinajstić information content (AvgIpc) is 2.16. The van der Waals surface area contributed by atoms with E-state index in [9.17, 15) is 9.59 Å². The van der Waals surface area contributed by atoms with Crippen molar-refractivity contribution in [3.8, 4) is 0 Å². The number of hydrogen-bond acceptors (Lipinski definition) is 4. The highest BCUT2D eigenvalue weighted by atomic mass is 32.2. The minimum atomic E-state index is -0.388. The van der Waals surface area contributed by atoms with Crippen LogP contribution in [0.5, 0.6) is 0 Å². The van der Waals surface area contributed by atoms with Crippen molar-refractivity contribution in [2.24, 2.45) is 0 Å². The lowest BCUT2D eigenvalue weighted by atomic mass is 10.2. The Morgan fingerprint density at radius 1 is 1.54 bits per heavy atom. The maximum absolute atomic E-state index is 11.3. The molecular weight excluding hydrogens is 190 g/mol. The van der Waals surface area contributed by atoms with Crippen LogP contribution in [-0.4, -0.2) is 48.0 Å². The van der Waals surface area contributed by atoms with Crippen LogP contribution >= 0.6 is 11.8 Å². The van der Waals surface area contributed by atoms with E-state index in [1.54, 1.807) is 16.7 Å². The smallest absolute Gasteiger partial charge is 0.329 e. The van der Waals surface area contributed by atoms with Crippen molar-refractivity contribution in [3.05, 3.63) is 0 Å². The van der Waals surface area contributed by atoms with E-state index in [4.69, 9.17) is 0 Å². The third-order valence-corrected chi connectivity index (χ3v) is 3.03. The van der Waals surface area contributed by atoms with E-state index >= 15 is 0 Å². The minimum absolute atomic E-state index is 0.0595. The molecular formula is C8H13NO3S. The minimum Gasteiger partial charge on any atom is -0.467 e. The van der Waals surface area contributed by atoms with Gasteiger partial charge >= 0.3 is 5.97 Å². The van der Waals surface area contributed by atoms with Gasteiger partial charge in [0.15, 0.2) is 0 Å². The van der Waals surface area contributed by atoms with Crippen LogP contribution in [0.1, 0.15) is 6.92 Å². The van der Waals surface area contributed by atoms with Gasteiger partial charge in [-0.3, -0.25) is 4.79 Å². The van der Waals surface area contributed by atoms with Gasteiger partial charge in [0.2, 0.25) is 5.91 Å². The average molecular weight is 203 g/mol. The van der Waals surface area contributed by atoms with Gasteiger partial charge in [0.1, 0.15) is 6.04 Å². The lowest BCUT2D eigenvalue weighted by molar-refractivity contribution is -0.151. The van der Waals surface area contributed by atoms with E-state index in [1.807, 2.05) is 0 Å². The maximum atomic E-state index is 11.3. The highest BCUT2D eigenvalue weighted by molar-refractivity contribution is 7.99. The van der Waals surface area contributed by atoms with Crippen LogP contribution in [0.2, 0.25) is 0 Å². The van der Waals surface area contributed by atoms with Crippen LogP contribution in [0.3, 0.4) is 0 Å². The summed E-state index contributed by atoms with van der Waals surface area (Å²) in [4.78, 5) is 24.0. The lowest BCUT2D eigenvalue weighted by Gasteiger charge is -2.32. The molecule has 1 unspecified atom stereocenters. The first kappa shape index (κ1) is 10.4. The molecule has 1 atom stereocenters. The Bertz CT molecular complexity index is 219. The summed E-state index contributed by atoms with van der Waals surface area (Å²) in [7, 11) is 1.35. The van der Waals surface area contributed by atoms with E-state index in [2.05, 4.69) is 4.74 Å². The number of thioether (sulfide) groups is 1. The number of esters is 1. The van der Waals surface area contributed by atoms with Crippen molar-refractivity contribution in [1.82, 2.24) is 4.90 Å². The molecule has 0 radical (unpaired) electrons. The van der Waals surface area contributed by atoms with Gasteiger partial charge in [-0.1, -0.05) is 0 Å². The summed E-state index contributed by atoms with van der Waals surface area (Å²) in [6.45, 7) is 2.12. The van der Waals surface area contributed by atoms with Gasteiger partial charge in [-0.2, -0.15) is 11.8 Å². The van der Waals surface area contributed by atoms with Gasteiger partial charge in [-0.15, -0.1) is 0 Å². The number of carbonyl (C=O) groups excluding carboxylic acids is 2. The normalized spacial score (nSPS) is 22.6. The molecule has 74 valence electrons. The first-order chi connectivity index (χ1) is 6.16. The summed E-state index contributed by atoms with van der Waals surface area (Å²) in [5.41, 5.74) is 0. The number of carbonyl (C=O) groups is 2. The molecule has 4 nitrogen and oxygen atoms in total. The van der Waals surface area contributed by atoms with Crippen molar-refractivity contribution in [1.29, 1.82) is 0 Å². The summed E-state index contributed by atoms with van der Waals surface area (Å²) in [5, 5.41) is 0. The third kappa shape index (κ3) is 2.37. The molecule has 0 aromatic heterocycles. The molecule has 1 fully saturated rings. The van der Waals surface area contributed by atoms with Crippen LogP contribution in [0.4, 0.5) is 0 Å².